The highest BCUT2D eigenvalue weighted by Crippen LogP contribution is 2.24. The molecule has 0 aliphatic heterocycles. The summed E-state index contributed by atoms with van der Waals surface area (Å²) in [5.41, 5.74) is 11.4. The van der Waals surface area contributed by atoms with Crippen LogP contribution >= 0.6 is 0 Å². The number of benzene rings is 3. The molecule has 3 aromatic rings. The molecule has 0 aromatic heterocycles. The van der Waals surface area contributed by atoms with Gasteiger partial charge in [0.05, 0.1) is 25.2 Å². The van der Waals surface area contributed by atoms with Gasteiger partial charge in [0.1, 0.15) is 0 Å². The Hall–Kier alpha value is -3.20. The third kappa shape index (κ3) is 11.1. The standard InChI is InChI=1S/C25H29N3O.CH4O3S/c1-25(2,3)21-12-14-22(15-13-21)27-24(26)28-23-11-7-10-20(16-23)18-29-17-19-8-5-4-6-9-19;1-5(2,3)4/h4-16H,17-18H2,1-3H3,(H3,26,27,28);1H3,(H,2,3,4). The maximum Gasteiger partial charge on any atom is 0.261 e. The van der Waals surface area contributed by atoms with Crippen LogP contribution in [-0.4, -0.2) is 25.2 Å². The first-order chi connectivity index (χ1) is 15.9. The van der Waals surface area contributed by atoms with Crippen LogP contribution in [0.4, 0.5) is 11.4 Å². The van der Waals surface area contributed by atoms with E-state index in [1.54, 1.807) is 0 Å². The number of nitrogens with two attached hydrogens (primary N) is 1. The topological polar surface area (TPSA) is 114 Å². The zero-order valence-corrected chi connectivity index (χ0v) is 20.8. The molecule has 0 saturated heterocycles. The van der Waals surface area contributed by atoms with Gasteiger partial charge in [-0.2, -0.15) is 8.42 Å². The fourth-order valence-corrected chi connectivity index (χ4v) is 2.95. The number of guanidine groups is 1. The summed E-state index contributed by atoms with van der Waals surface area (Å²) in [7, 11) is -3.67. The molecular formula is C26H33N3O4S. The van der Waals surface area contributed by atoms with Gasteiger partial charge in [-0.25, -0.2) is 4.99 Å². The van der Waals surface area contributed by atoms with Gasteiger partial charge in [-0.1, -0.05) is 75.4 Å². The summed E-state index contributed by atoms with van der Waals surface area (Å²) in [6, 6.07) is 26.3. The minimum Gasteiger partial charge on any atom is -0.372 e. The van der Waals surface area contributed by atoms with Gasteiger partial charge in [0.15, 0.2) is 5.96 Å². The predicted molar refractivity (Wildman–Crippen MR) is 139 cm³/mol. The summed E-state index contributed by atoms with van der Waals surface area (Å²) in [6.07, 6.45) is 0.715. The number of aliphatic imine (C=N–C) groups is 1. The zero-order valence-electron chi connectivity index (χ0n) is 20.0. The number of ether oxygens (including phenoxy) is 1. The lowest BCUT2D eigenvalue weighted by atomic mass is 9.87. The van der Waals surface area contributed by atoms with Gasteiger partial charge in [0.2, 0.25) is 0 Å². The first-order valence-corrected chi connectivity index (χ1v) is 12.6. The summed E-state index contributed by atoms with van der Waals surface area (Å²) >= 11 is 0. The van der Waals surface area contributed by atoms with E-state index in [1.807, 2.05) is 54.6 Å². The normalized spacial score (nSPS) is 12.0. The van der Waals surface area contributed by atoms with Crippen LogP contribution in [0, 0.1) is 0 Å². The van der Waals surface area contributed by atoms with Crippen LogP contribution in [0.15, 0.2) is 83.9 Å². The monoisotopic (exact) mass is 483 g/mol. The van der Waals surface area contributed by atoms with Gasteiger partial charge < -0.3 is 15.8 Å². The SMILES string of the molecule is CC(C)(C)c1ccc(N=C(N)Nc2cccc(COCc3ccccc3)c2)cc1.CS(=O)(=O)O. The molecule has 0 spiro atoms. The summed E-state index contributed by atoms with van der Waals surface area (Å²) < 4.78 is 31.7. The molecule has 0 aliphatic rings. The summed E-state index contributed by atoms with van der Waals surface area (Å²) in [6.45, 7) is 7.70. The Morgan fingerprint density at radius 3 is 2.09 bits per heavy atom. The van der Waals surface area contributed by atoms with Crippen molar-refractivity contribution in [3.05, 3.63) is 95.6 Å². The highest BCUT2D eigenvalue weighted by atomic mass is 32.2. The third-order valence-electron chi connectivity index (χ3n) is 4.56. The molecule has 0 unspecified atom stereocenters. The maximum absolute atomic E-state index is 9.19. The van der Waals surface area contributed by atoms with E-state index >= 15 is 0 Å². The smallest absolute Gasteiger partial charge is 0.261 e. The quantitative estimate of drug-likeness (QED) is 0.250. The third-order valence-corrected chi connectivity index (χ3v) is 4.56. The molecule has 182 valence electrons. The van der Waals surface area contributed by atoms with Gasteiger partial charge >= 0.3 is 0 Å². The van der Waals surface area contributed by atoms with Crippen molar-refractivity contribution in [2.45, 2.75) is 39.4 Å². The Morgan fingerprint density at radius 2 is 1.50 bits per heavy atom. The van der Waals surface area contributed by atoms with E-state index in [0.717, 1.165) is 22.5 Å². The molecular weight excluding hydrogens is 450 g/mol. The highest BCUT2D eigenvalue weighted by molar-refractivity contribution is 7.85. The first kappa shape index (κ1) is 27.0. The number of nitrogens with zero attached hydrogens (tertiary/aromatic N) is 1. The highest BCUT2D eigenvalue weighted by Gasteiger charge is 2.12. The molecule has 0 fully saturated rings. The van der Waals surface area contributed by atoms with E-state index in [9.17, 15) is 8.42 Å². The molecule has 3 aromatic carbocycles. The Kier molecular flexibility index (Phi) is 9.80. The van der Waals surface area contributed by atoms with Gasteiger partial charge in [-0.3, -0.25) is 4.55 Å². The molecule has 0 radical (unpaired) electrons. The van der Waals surface area contributed by atoms with E-state index in [2.05, 4.69) is 55.3 Å². The van der Waals surface area contributed by atoms with Gasteiger partial charge in [-0.05, 0) is 46.4 Å². The summed E-state index contributed by atoms with van der Waals surface area (Å²) in [4.78, 5) is 4.46. The Morgan fingerprint density at radius 1 is 0.941 bits per heavy atom. The number of hydrogen-bond acceptors (Lipinski definition) is 4. The Labute approximate surface area is 202 Å². The van der Waals surface area contributed by atoms with E-state index in [0.29, 0.717) is 25.4 Å². The average Bonchev–Trinajstić information content (AvgIpc) is 2.73. The zero-order chi connectivity index (χ0) is 25.2. The first-order valence-electron chi connectivity index (χ1n) is 10.7. The Balaban J connectivity index is 0.000000739. The van der Waals surface area contributed by atoms with Gasteiger partial charge in [-0.15, -0.1) is 0 Å². The van der Waals surface area contributed by atoms with Crippen LogP contribution in [0.3, 0.4) is 0 Å². The van der Waals surface area contributed by atoms with Crippen molar-refractivity contribution in [3.63, 3.8) is 0 Å². The van der Waals surface area contributed by atoms with Crippen molar-refractivity contribution in [1.82, 2.24) is 0 Å². The number of hydrogen-bond donors (Lipinski definition) is 3. The van der Waals surface area contributed by atoms with Crippen LogP contribution in [-0.2, 0) is 33.5 Å². The largest absolute Gasteiger partial charge is 0.372 e. The van der Waals surface area contributed by atoms with Crippen molar-refractivity contribution < 1.29 is 17.7 Å². The number of rotatable bonds is 6. The number of nitrogens with one attached hydrogen (secondary N) is 1. The second-order valence-electron chi connectivity index (χ2n) is 8.83. The Bertz CT molecular complexity index is 1160. The molecule has 34 heavy (non-hydrogen) atoms. The van der Waals surface area contributed by atoms with Crippen molar-refractivity contribution in [2.75, 3.05) is 11.6 Å². The fourth-order valence-electron chi connectivity index (χ4n) is 2.95. The second-order valence-corrected chi connectivity index (χ2v) is 10.3. The molecule has 0 aliphatic carbocycles. The summed E-state index contributed by atoms with van der Waals surface area (Å²) in [5.74, 6) is 0.357. The second kappa shape index (κ2) is 12.3. The van der Waals surface area contributed by atoms with E-state index in [4.69, 9.17) is 15.0 Å². The van der Waals surface area contributed by atoms with Crippen molar-refractivity contribution in [1.29, 1.82) is 0 Å². The lowest BCUT2D eigenvalue weighted by Crippen LogP contribution is -2.22. The molecule has 4 N–H and O–H groups in total. The molecule has 0 atom stereocenters. The molecule has 0 bridgehead atoms. The van der Waals surface area contributed by atoms with Crippen LogP contribution in [0.1, 0.15) is 37.5 Å². The van der Waals surface area contributed by atoms with Crippen LogP contribution in [0.25, 0.3) is 0 Å². The fraction of sp³-hybridized carbons (Fsp3) is 0.269. The van der Waals surface area contributed by atoms with Crippen LogP contribution < -0.4 is 11.1 Å². The van der Waals surface area contributed by atoms with Crippen molar-refractivity contribution >= 4 is 27.5 Å². The van der Waals surface area contributed by atoms with E-state index in [-0.39, 0.29) is 5.41 Å². The van der Waals surface area contributed by atoms with Gasteiger partial charge in [0, 0.05) is 5.69 Å². The molecule has 7 nitrogen and oxygen atoms in total. The number of anilines is 1. The molecule has 8 heteroatoms. The molecule has 0 heterocycles. The van der Waals surface area contributed by atoms with Crippen molar-refractivity contribution in [3.8, 4) is 0 Å². The molecule has 0 amide bonds. The average molecular weight is 484 g/mol. The predicted octanol–water partition coefficient (Wildman–Crippen LogP) is 5.26. The van der Waals surface area contributed by atoms with Crippen LogP contribution in [0.2, 0.25) is 0 Å². The lowest BCUT2D eigenvalue weighted by Gasteiger charge is -2.18. The van der Waals surface area contributed by atoms with Gasteiger partial charge in [0.25, 0.3) is 10.1 Å². The molecule has 3 rings (SSSR count). The van der Waals surface area contributed by atoms with Crippen LogP contribution in [0.5, 0.6) is 0 Å². The maximum atomic E-state index is 9.19. The minimum atomic E-state index is -3.67. The van der Waals surface area contributed by atoms with Crippen molar-refractivity contribution in [2.24, 2.45) is 10.7 Å². The lowest BCUT2D eigenvalue weighted by molar-refractivity contribution is 0.107. The molecule has 0 saturated carbocycles. The van der Waals surface area contributed by atoms with E-state index in [1.165, 1.54) is 5.56 Å². The minimum absolute atomic E-state index is 0.120. The summed E-state index contributed by atoms with van der Waals surface area (Å²) in [5, 5.41) is 3.16. The van der Waals surface area contributed by atoms with E-state index < -0.39 is 10.1 Å².